The van der Waals surface area contributed by atoms with Gasteiger partial charge < -0.3 is 19.3 Å². The number of hydrogen-bond donors (Lipinski definition) is 1. The standard InChI is InChI=1S/C17H18N2O5/c20-15-5-6-18(14-4-2-1-3-13(14)15)11-16(21)19-7-8-24-12(10-19)9-17(22)23/h1-6,12H,7-11H2,(H,22,23). The molecule has 0 spiro atoms. The van der Waals surface area contributed by atoms with Crippen molar-refractivity contribution in [2.24, 2.45) is 0 Å². The predicted octanol–water partition coefficient (Wildman–Crippen LogP) is 0.704. The van der Waals surface area contributed by atoms with Crippen LogP contribution in [0.1, 0.15) is 6.42 Å². The first-order chi connectivity index (χ1) is 11.5. The molecule has 1 atom stereocenters. The molecule has 1 saturated heterocycles. The van der Waals surface area contributed by atoms with E-state index in [0.29, 0.717) is 24.1 Å². The van der Waals surface area contributed by atoms with Crippen molar-refractivity contribution in [1.29, 1.82) is 0 Å². The average molecular weight is 330 g/mol. The Bertz CT molecular complexity index is 829. The molecule has 24 heavy (non-hydrogen) atoms. The fraction of sp³-hybridized carbons (Fsp3) is 0.353. The number of benzene rings is 1. The van der Waals surface area contributed by atoms with E-state index < -0.39 is 12.1 Å². The summed E-state index contributed by atoms with van der Waals surface area (Å²) in [6.07, 6.45) is 1.01. The topological polar surface area (TPSA) is 88.8 Å². The molecular weight excluding hydrogens is 312 g/mol. The number of carboxylic acid groups (broad SMARTS) is 1. The van der Waals surface area contributed by atoms with Crippen LogP contribution >= 0.6 is 0 Å². The van der Waals surface area contributed by atoms with E-state index in [4.69, 9.17) is 9.84 Å². The molecule has 2 heterocycles. The van der Waals surface area contributed by atoms with Crippen LogP contribution in [0.2, 0.25) is 0 Å². The van der Waals surface area contributed by atoms with Gasteiger partial charge in [0.2, 0.25) is 5.91 Å². The normalized spacial score (nSPS) is 17.8. The molecule has 3 rings (SSSR count). The average Bonchev–Trinajstić information content (AvgIpc) is 2.57. The van der Waals surface area contributed by atoms with E-state index >= 15 is 0 Å². The number of hydrogen-bond acceptors (Lipinski definition) is 4. The van der Waals surface area contributed by atoms with Crippen molar-refractivity contribution in [1.82, 2.24) is 9.47 Å². The van der Waals surface area contributed by atoms with E-state index in [1.165, 1.54) is 6.07 Å². The van der Waals surface area contributed by atoms with Crippen LogP contribution in [0, 0.1) is 0 Å². The fourth-order valence-electron chi connectivity index (χ4n) is 2.91. The lowest BCUT2D eigenvalue weighted by molar-refractivity contribution is -0.148. The molecule has 0 bridgehead atoms. The van der Waals surface area contributed by atoms with E-state index in [-0.39, 0.29) is 30.8 Å². The van der Waals surface area contributed by atoms with E-state index in [1.54, 1.807) is 33.9 Å². The Labute approximate surface area is 138 Å². The first kappa shape index (κ1) is 16.2. The van der Waals surface area contributed by atoms with Gasteiger partial charge in [-0.3, -0.25) is 14.4 Å². The first-order valence-electron chi connectivity index (χ1n) is 7.74. The van der Waals surface area contributed by atoms with Crippen LogP contribution in [0.3, 0.4) is 0 Å². The van der Waals surface area contributed by atoms with Crippen LogP contribution in [0.25, 0.3) is 10.9 Å². The highest BCUT2D eigenvalue weighted by atomic mass is 16.5. The lowest BCUT2D eigenvalue weighted by Crippen LogP contribution is -2.47. The second kappa shape index (κ2) is 6.84. The Hall–Kier alpha value is -2.67. The number of carbonyl (C=O) groups is 2. The number of fused-ring (bicyclic) bond motifs is 1. The molecule has 2 aromatic rings. The van der Waals surface area contributed by atoms with Crippen molar-refractivity contribution in [2.45, 2.75) is 19.1 Å². The van der Waals surface area contributed by atoms with Crippen molar-refractivity contribution in [2.75, 3.05) is 19.7 Å². The molecule has 1 N–H and O–H groups in total. The molecule has 1 fully saturated rings. The molecule has 1 aliphatic rings. The summed E-state index contributed by atoms with van der Waals surface area (Å²) in [5.74, 6) is -1.07. The third-order valence-electron chi connectivity index (χ3n) is 4.08. The van der Waals surface area contributed by atoms with E-state index in [2.05, 4.69) is 0 Å². The number of aliphatic carboxylic acids is 1. The number of rotatable bonds is 4. The summed E-state index contributed by atoms with van der Waals surface area (Å²) in [7, 11) is 0. The van der Waals surface area contributed by atoms with Crippen molar-refractivity contribution >= 4 is 22.8 Å². The van der Waals surface area contributed by atoms with Gasteiger partial charge in [0.05, 0.1) is 24.6 Å². The van der Waals surface area contributed by atoms with Gasteiger partial charge in [0, 0.05) is 30.7 Å². The Balaban J connectivity index is 1.76. The van der Waals surface area contributed by atoms with Crippen molar-refractivity contribution < 1.29 is 19.4 Å². The zero-order valence-corrected chi connectivity index (χ0v) is 13.1. The molecule has 0 saturated carbocycles. The molecule has 126 valence electrons. The molecule has 0 radical (unpaired) electrons. The molecule has 1 unspecified atom stereocenters. The third-order valence-corrected chi connectivity index (χ3v) is 4.08. The summed E-state index contributed by atoms with van der Waals surface area (Å²) in [5.41, 5.74) is 0.621. The smallest absolute Gasteiger partial charge is 0.306 e. The zero-order valence-electron chi connectivity index (χ0n) is 13.1. The Morgan fingerprint density at radius 1 is 1.25 bits per heavy atom. The summed E-state index contributed by atoms with van der Waals surface area (Å²) < 4.78 is 7.12. The van der Waals surface area contributed by atoms with Crippen molar-refractivity contribution in [3.8, 4) is 0 Å². The van der Waals surface area contributed by atoms with Gasteiger partial charge in [0.1, 0.15) is 6.54 Å². The highest BCUT2D eigenvalue weighted by Gasteiger charge is 2.26. The number of carboxylic acids is 1. The van der Waals surface area contributed by atoms with Gasteiger partial charge in [0.25, 0.3) is 0 Å². The minimum absolute atomic E-state index is 0.0813. The summed E-state index contributed by atoms with van der Waals surface area (Å²) in [4.78, 5) is 36.8. The Morgan fingerprint density at radius 3 is 2.83 bits per heavy atom. The molecule has 1 aromatic carbocycles. The summed E-state index contributed by atoms with van der Waals surface area (Å²) >= 11 is 0. The van der Waals surface area contributed by atoms with Crippen LogP contribution in [-0.4, -0.2) is 52.3 Å². The number of morpholine rings is 1. The van der Waals surface area contributed by atoms with Gasteiger partial charge >= 0.3 is 5.97 Å². The van der Waals surface area contributed by atoms with Gasteiger partial charge in [-0.1, -0.05) is 12.1 Å². The number of nitrogens with zero attached hydrogens (tertiary/aromatic N) is 2. The number of aromatic nitrogens is 1. The molecular formula is C17H18N2O5. The molecule has 7 heteroatoms. The monoisotopic (exact) mass is 330 g/mol. The number of pyridine rings is 1. The summed E-state index contributed by atoms with van der Waals surface area (Å²) in [6.45, 7) is 1.13. The number of ether oxygens (including phenoxy) is 1. The highest BCUT2D eigenvalue weighted by molar-refractivity contribution is 5.82. The van der Waals surface area contributed by atoms with Gasteiger partial charge in [0.15, 0.2) is 5.43 Å². The molecule has 1 aromatic heterocycles. The van der Waals surface area contributed by atoms with Crippen LogP contribution < -0.4 is 5.43 Å². The maximum Gasteiger partial charge on any atom is 0.306 e. The molecule has 1 amide bonds. The van der Waals surface area contributed by atoms with Gasteiger partial charge in [-0.05, 0) is 12.1 Å². The highest BCUT2D eigenvalue weighted by Crippen LogP contribution is 2.12. The number of carbonyl (C=O) groups excluding carboxylic acids is 1. The third kappa shape index (κ3) is 3.46. The maximum atomic E-state index is 12.6. The van der Waals surface area contributed by atoms with E-state index in [1.807, 2.05) is 6.07 Å². The Morgan fingerprint density at radius 2 is 2.04 bits per heavy atom. The fourth-order valence-corrected chi connectivity index (χ4v) is 2.91. The first-order valence-corrected chi connectivity index (χ1v) is 7.74. The summed E-state index contributed by atoms with van der Waals surface area (Å²) in [6, 6.07) is 8.59. The van der Waals surface area contributed by atoms with E-state index in [0.717, 1.165) is 0 Å². The Kier molecular flexibility index (Phi) is 4.61. The van der Waals surface area contributed by atoms with Crippen molar-refractivity contribution in [3.63, 3.8) is 0 Å². The summed E-state index contributed by atoms with van der Waals surface area (Å²) in [5, 5.41) is 9.42. The quantitative estimate of drug-likeness (QED) is 0.891. The predicted molar refractivity (Wildman–Crippen MR) is 86.8 cm³/mol. The van der Waals surface area contributed by atoms with Gasteiger partial charge in [-0.2, -0.15) is 0 Å². The molecule has 1 aliphatic heterocycles. The molecule has 0 aliphatic carbocycles. The van der Waals surface area contributed by atoms with Crippen LogP contribution in [-0.2, 0) is 20.9 Å². The van der Waals surface area contributed by atoms with Crippen molar-refractivity contribution in [3.05, 3.63) is 46.8 Å². The van der Waals surface area contributed by atoms with Gasteiger partial charge in [-0.15, -0.1) is 0 Å². The van der Waals surface area contributed by atoms with E-state index in [9.17, 15) is 14.4 Å². The minimum atomic E-state index is -0.944. The largest absolute Gasteiger partial charge is 0.481 e. The lowest BCUT2D eigenvalue weighted by atomic mass is 10.2. The minimum Gasteiger partial charge on any atom is -0.481 e. The number of para-hydroxylation sites is 1. The van der Waals surface area contributed by atoms with Gasteiger partial charge in [-0.25, -0.2) is 0 Å². The molecule has 7 nitrogen and oxygen atoms in total. The zero-order chi connectivity index (χ0) is 17.1. The lowest BCUT2D eigenvalue weighted by Gasteiger charge is -2.32. The number of amides is 1. The van der Waals surface area contributed by atoms with Crippen LogP contribution in [0.5, 0.6) is 0 Å². The van der Waals surface area contributed by atoms with Crippen LogP contribution in [0.4, 0.5) is 0 Å². The second-order valence-electron chi connectivity index (χ2n) is 5.76. The maximum absolute atomic E-state index is 12.6. The second-order valence-corrected chi connectivity index (χ2v) is 5.76. The van der Waals surface area contributed by atoms with Crippen LogP contribution in [0.15, 0.2) is 41.3 Å². The SMILES string of the molecule is O=C(O)CC1CN(C(=O)Cn2ccc(=O)c3ccccc32)CCO1.